The number of hydrogen-bond donors (Lipinski definition) is 1. The summed E-state index contributed by atoms with van der Waals surface area (Å²) in [6, 6.07) is 1.35. The molecule has 0 spiro atoms. The number of nitrogens with one attached hydrogen (secondary N) is 1. The number of carbonyl (C=O) groups is 1. The highest BCUT2D eigenvalue weighted by Crippen LogP contribution is 2.24. The highest BCUT2D eigenvalue weighted by molar-refractivity contribution is 5.85. The van der Waals surface area contributed by atoms with Crippen LogP contribution in [0.3, 0.4) is 0 Å². The largest absolute Gasteiger partial charge is 0.340 e. The van der Waals surface area contributed by atoms with Crippen molar-refractivity contribution < 1.29 is 4.79 Å². The summed E-state index contributed by atoms with van der Waals surface area (Å²) in [5, 5.41) is 3.30. The zero-order valence-electron chi connectivity index (χ0n) is 13.5. The van der Waals surface area contributed by atoms with E-state index in [0.717, 1.165) is 45.3 Å². The first-order chi connectivity index (χ1) is 9.74. The number of halogens is 2. The molecule has 0 aliphatic carbocycles. The fourth-order valence-corrected chi connectivity index (χ4v) is 3.87. The van der Waals surface area contributed by atoms with Crippen molar-refractivity contribution in [2.24, 2.45) is 0 Å². The van der Waals surface area contributed by atoms with Crippen LogP contribution in [-0.4, -0.2) is 85.0 Å². The Morgan fingerprint density at radius 1 is 1.14 bits per heavy atom. The van der Waals surface area contributed by atoms with Gasteiger partial charge < -0.3 is 10.2 Å². The highest BCUT2D eigenvalue weighted by Gasteiger charge is 2.34. The number of fused-ring (bicyclic) bond motifs is 1. The third kappa shape index (κ3) is 4.71. The first-order valence-electron chi connectivity index (χ1n) is 8.20. The first kappa shape index (κ1) is 20.0. The predicted octanol–water partition coefficient (Wildman–Crippen LogP) is 0.820. The Hall–Kier alpha value is -0.0700. The van der Waals surface area contributed by atoms with E-state index in [2.05, 4.69) is 22.0 Å². The van der Waals surface area contributed by atoms with Crippen molar-refractivity contribution in [2.75, 3.05) is 52.4 Å². The molecule has 2 atom stereocenters. The van der Waals surface area contributed by atoms with E-state index < -0.39 is 0 Å². The molecule has 3 aliphatic rings. The molecule has 0 aromatic carbocycles. The molecule has 2 unspecified atom stereocenters. The van der Waals surface area contributed by atoms with Gasteiger partial charge in [-0.1, -0.05) is 0 Å². The Labute approximate surface area is 146 Å². The molecule has 0 bridgehead atoms. The second-order valence-corrected chi connectivity index (χ2v) is 6.52. The van der Waals surface area contributed by atoms with Crippen LogP contribution in [0.2, 0.25) is 0 Å². The van der Waals surface area contributed by atoms with Gasteiger partial charge in [0.1, 0.15) is 0 Å². The number of piperazine rings is 2. The minimum absolute atomic E-state index is 0. The molecule has 0 radical (unpaired) electrons. The lowest BCUT2D eigenvalue weighted by molar-refractivity contribution is -0.132. The number of carbonyl (C=O) groups excluding carboxylic acids is 1. The van der Waals surface area contributed by atoms with E-state index in [1.54, 1.807) is 0 Å². The van der Waals surface area contributed by atoms with Crippen LogP contribution >= 0.6 is 24.8 Å². The molecule has 22 heavy (non-hydrogen) atoms. The molecule has 0 aromatic heterocycles. The van der Waals surface area contributed by atoms with Crippen LogP contribution in [0, 0.1) is 0 Å². The molecule has 3 heterocycles. The van der Waals surface area contributed by atoms with Crippen LogP contribution in [-0.2, 0) is 4.79 Å². The molecule has 1 N–H and O–H groups in total. The zero-order valence-corrected chi connectivity index (χ0v) is 15.1. The summed E-state index contributed by atoms with van der Waals surface area (Å²) in [5.41, 5.74) is 0. The smallest absolute Gasteiger partial charge is 0.223 e. The number of nitrogens with zero attached hydrogens (tertiary/aromatic N) is 3. The Bertz CT molecular complexity index is 352. The average Bonchev–Trinajstić information content (AvgIpc) is 2.92. The van der Waals surface area contributed by atoms with Crippen molar-refractivity contribution in [3.05, 3.63) is 0 Å². The Morgan fingerprint density at radius 3 is 2.59 bits per heavy atom. The third-order valence-electron chi connectivity index (χ3n) is 5.15. The molecule has 3 rings (SSSR count). The molecular weight excluding hydrogens is 323 g/mol. The van der Waals surface area contributed by atoms with Crippen LogP contribution in [0.25, 0.3) is 0 Å². The maximum absolute atomic E-state index is 12.2. The van der Waals surface area contributed by atoms with E-state index >= 15 is 0 Å². The maximum atomic E-state index is 12.2. The van der Waals surface area contributed by atoms with Gasteiger partial charge in [-0.15, -0.1) is 24.8 Å². The molecule has 0 aromatic rings. The van der Waals surface area contributed by atoms with Gasteiger partial charge in [0.05, 0.1) is 0 Å². The fraction of sp³-hybridized carbons (Fsp3) is 0.933. The standard InChI is InChI=1S/C15H28N4O.2ClH/c1-13-11-19-7-2-3-14(19)12-18(13)8-4-15(20)17-9-5-16-6-10-17;;/h13-14,16H,2-12H2,1H3;2*1H. The fourth-order valence-electron chi connectivity index (χ4n) is 3.87. The number of amides is 1. The van der Waals surface area contributed by atoms with E-state index in [4.69, 9.17) is 0 Å². The van der Waals surface area contributed by atoms with Gasteiger partial charge in [-0.2, -0.15) is 0 Å². The normalized spacial score (nSPS) is 29.4. The molecule has 3 fully saturated rings. The number of hydrogen-bond acceptors (Lipinski definition) is 4. The monoisotopic (exact) mass is 352 g/mol. The van der Waals surface area contributed by atoms with E-state index in [1.807, 2.05) is 4.90 Å². The summed E-state index contributed by atoms with van der Waals surface area (Å²) in [6.45, 7) is 10.5. The van der Waals surface area contributed by atoms with Crippen molar-refractivity contribution in [3.63, 3.8) is 0 Å². The van der Waals surface area contributed by atoms with Crippen molar-refractivity contribution >= 4 is 30.7 Å². The quantitative estimate of drug-likeness (QED) is 0.816. The van der Waals surface area contributed by atoms with Gasteiger partial charge in [-0.05, 0) is 26.3 Å². The summed E-state index contributed by atoms with van der Waals surface area (Å²) in [5.74, 6) is 0.340. The summed E-state index contributed by atoms with van der Waals surface area (Å²) in [4.78, 5) is 19.4. The van der Waals surface area contributed by atoms with Gasteiger partial charge in [0.25, 0.3) is 0 Å². The van der Waals surface area contributed by atoms with Gasteiger partial charge in [-0.25, -0.2) is 0 Å². The van der Waals surface area contributed by atoms with Gasteiger partial charge in [0.15, 0.2) is 0 Å². The van der Waals surface area contributed by atoms with E-state index in [-0.39, 0.29) is 24.8 Å². The minimum atomic E-state index is 0. The SMILES string of the molecule is CC1CN2CCCC2CN1CCC(=O)N1CCNCC1.Cl.Cl. The lowest BCUT2D eigenvalue weighted by Crippen LogP contribution is -2.55. The summed E-state index contributed by atoms with van der Waals surface area (Å²) in [7, 11) is 0. The Morgan fingerprint density at radius 2 is 1.86 bits per heavy atom. The van der Waals surface area contributed by atoms with E-state index in [9.17, 15) is 4.79 Å². The van der Waals surface area contributed by atoms with Crippen LogP contribution < -0.4 is 5.32 Å². The van der Waals surface area contributed by atoms with Crippen molar-refractivity contribution in [1.82, 2.24) is 20.0 Å². The second kappa shape index (κ2) is 9.28. The van der Waals surface area contributed by atoms with Crippen LogP contribution in [0.1, 0.15) is 26.2 Å². The van der Waals surface area contributed by atoms with Crippen molar-refractivity contribution in [3.8, 4) is 0 Å². The molecular formula is C15H30Cl2N4O. The molecule has 130 valence electrons. The Balaban J connectivity index is 0.00000121. The molecule has 7 heteroatoms. The second-order valence-electron chi connectivity index (χ2n) is 6.52. The van der Waals surface area contributed by atoms with Crippen LogP contribution in [0.4, 0.5) is 0 Å². The van der Waals surface area contributed by atoms with Gasteiger partial charge in [0.2, 0.25) is 5.91 Å². The topological polar surface area (TPSA) is 38.8 Å². The lowest BCUT2D eigenvalue weighted by atomic mass is 10.1. The van der Waals surface area contributed by atoms with Gasteiger partial charge in [0, 0.05) is 64.3 Å². The van der Waals surface area contributed by atoms with Crippen molar-refractivity contribution in [1.29, 1.82) is 0 Å². The van der Waals surface area contributed by atoms with Gasteiger partial charge in [-0.3, -0.25) is 14.6 Å². The number of rotatable bonds is 3. The zero-order chi connectivity index (χ0) is 13.9. The summed E-state index contributed by atoms with van der Waals surface area (Å²) in [6.07, 6.45) is 3.39. The highest BCUT2D eigenvalue weighted by atomic mass is 35.5. The molecule has 3 saturated heterocycles. The molecule has 0 saturated carbocycles. The van der Waals surface area contributed by atoms with Crippen molar-refractivity contribution in [2.45, 2.75) is 38.3 Å². The molecule has 5 nitrogen and oxygen atoms in total. The predicted molar refractivity (Wildman–Crippen MR) is 94.2 cm³/mol. The summed E-state index contributed by atoms with van der Waals surface area (Å²) < 4.78 is 0. The Kier molecular flexibility index (Phi) is 8.43. The van der Waals surface area contributed by atoms with E-state index in [1.165, 1.54) is 25.9 Å². The maximum Gasteiger partial charge on any atom is 0.223 e. The van der Waals surface area contributed by atoms with Crippen LogP contribution in [0.15, 0.2) is 0 Å². The average molecular weight is 353 g/mol. The molecule has 3 aliphatic heterocycles. The third-order valence-corrected chi connectivity index (χ3v) is 5.15. The first-order valence-corrected chi connectivity index (χ1v) is 8.20. The molecule has 1 amide bonds. The van der Waals surface area contributed by atoms with E-state index in [0.29, 0.717) is 18.4 Å². The van der Waals surface area contributed by atoms with Gasteiger partial charge >= 0.3 is 0 Å². The lowest BCUT2D eigenvalue weighted by Gasteiger charge is -2.42. The summed E-state index contributed by atoms with van der Waals surface area (Å²) >= 11 is 0. The van der Waals surface area contributed by atoms with Crippen LogP contribution in [0.5, 0.6) is 0 Å². The minimum Gasteiger partial charge on any atom is -0.340 e.